The smallest absolute Gasteiger partial charge is 0.168 e. The summed E-state index contributed by atoms with van der Waals surface area (Å²) in [6.07, 6.45) is 6.96. The minimum absolute atomic E-state index is 0.0768. The van der Waals surface area contributed by atoms with Crippen LogP contribution in [0.4, 0.5) is 11.5 Å². The van der Waals surface area contributed by atoms with Crippen LogP contribution in [0.2, 0.25) is 0 Å². The summed E-state index contributed by atoms with van der Waals surface area (Å²) in [6.45, 7) is 0.963. The average Bonchev–Trinajstić information content (AvgIpc) is 3.09. The third-order valence-corrected chi connectivity index (χ3v) is 5.02. The van der Waals surface area contributed by atoms with Crippen LogP contribution in [0, 0.1) is 0 Å². The molecular weight excluding hydrogens is 338 g/mol. The number of imidazole rings is 1. The lowest BCUT2D eigenvalue weighted by molar-refractivity contribution is 0.204. The molecule has 1 aliphatic rings. The lowest BCUT2D eigenvalue weighted by Gasteiger charge is -2.30. The molecule has 7 nitrogen and oxygen atoms in total. The fourth-order valence-electron chi connectivity index (χ4n) is 2.84. The second-order valence-electron chi connectivity index (χ2n) is 5.56. The van der Waals surface area contributed by atoms with Crippen molar-refractivity contribution in [1.29, 1.82) is 0 Å². The number of aliphatic hydroxyl groups is 1. The largest absolute Gasteiger partial charge is 0.388 e. The van der Waals surface area contributed by atoms with Crippen molar-refractivity contribution in [2.45, 2.75) is 23.1 Å². The molecule has 2 aromatic heterocycles. The number of hydrogen-bond donors (Lipinski definition) is 1. The molecule has 0 spiro atoms. The standard InChI is InChI=1S/C17H17N5O2S/c1-24-11-22-13-8-12(9-21-7-6-18-15(21)10-23)2-3-14(13)25-17-16(22)19-4-5-20-17/h2-8,23H,9-11H2,1H3. The molecule has 0 aliphatic carbocycles. The molecule has 8 heteroatoms. The van der Waals surface area contributed by atoms with Gasteiger partial charge in [-0.25, -0.2) is 15.0 Å². The topological polar surface area (TPSA) is 76.3 Å². The number of hydrogen-bond acceptors (Lipinski definition) is 7. The van der Waals surface area contributed by atoms with E-state index in [1.165, 1.54) is 0 Å². The molecule has 4 rings (SSSR count). The summed E-state index contributed by atoms with van der Waals surface area (Å²) in [4.78, 5) is 16.2. The van der Waals surface area contributed by atoms with Crippen molar-refractivity contribution in [3.8, 4) is 0 Å². The first-order valence-corrected chi connectivity index (χ1v) is 8.61. The summed E-state index contributed by atoms with van der Waals surface area (Å²) in [7, 11) is 1.67. The van der Waals surface area contributed by atoms with Crippen molar-refractivity contribution in [2.24, 2.45) is 0 Å². The normalized spacial score (nSPS) is 12.8. The van der Waals surface area contributed by atoms with Gasteiger partial charge in [-0.2, -0.15) is 0 Å². The Labute approximate surface area is 149 Å². The highest BCUT2D eigenvalue weighted by atomic mass is 32.2. The van der Waals surface area contributed by atoms with Gasteiger partial charge in [-0.15, -0.1) is 0 Å². The van der Waals surface area contributed by atoms with E-state index in [1.54, 1.807) is 37.5 Å². The van der Waals surface area contributed by atoms with Crippen molar-refractivity contribution < 1.29 is 9.84 Å². The van der Waals surface area contributed by atoms with E-state index in [-0.39, 0.29) is 6.61 Å². The molecule has 128 valence electrons. The lowest BCUT2D eigenvalue weighted by Crippen LogP contribution is -2.24. The maximum Gasteiger partial charge on any atom is 0.168 e. The molecule has 0 bridgehead atoms. The van der Waals surface area contributed by atoms with Crippen LogP contribution in [0.25, 0.3) is 0 Å². The van der Waals surface area contributed by atoms with Gasteiger partial charge in [0.05, 0.1) is 5.69 Å². The fraction of sp³-hybridized carbons (Fsp3) is 0.235. The zero-order chi connectivity index (χ0) is 17.2. The maximum atomic E-state index is 9.37. The minimum Gasteiger partial charge on any atom is -0.388 e. The average molecular weight is 355 g/mol. The molecule has 0 fully saturated rings. The van der Waals surface area contributed by atoms with Crippen molar-refractivity contribution in [2.75, 3.05) is 18.7 Å². The zero-order valence-corrected chi connectivity index (χ0v) is 14.5. The van der Waals surface area contributed by atoms with Crippen molar-refractivity contribution >= 4 is 23.3 Å². The van der Waals surface area contributed by atoms with Gasteiger partial charge in [0.1, 0.15) is 24.2 Å². The second kappa shape index (κ2) is 6.83. The number of benzene rings is 1. The molecule has 0 saturated carbocycles. The van der Waals surface area contributed by atoms with Gasteiger partial charge in [0.2, 0.25) is 0 Å². The molecule has 1 N–H and O–H groups in total. The van der Waals surface area contributed by atoms with Crippen LogP contribution in [0.5, 0.6) is 0 Å². The van der Waals surface area contributed by atoms with Crippen LogP contribution in [0.15, 0.2) is 52.9 Å². The SMILES string of the molecule is COCN1c2cc(Cn3ccnc3CO)ccc2Sc2nccnc21. The highest BCUT2D eigenvalue weighted by Crippen LogP contribution is 2.46. The Morgan fingerprint density at radius 1 is 1.16 bits per heavy atom. The highest BCUT2D eigenvalue weighted by Gasteiger charge is 2.25. The number of fused-ring (bicyclic) bond motifs is 2. The van der Waals surface area contributed by atoms with E-state index in [2.05, 4.69) is 33.2 Å². The minimum atomic E-state index is -0.0768. The van der Waals surface area contributed by atoms with Crippen molar-refractivity contribution in [3.63, 3.8) is 0 Å². The monoisotopic (exact) mass is 355 g/mol. The van der Waals surface area contributed by atoms with Crippen LogP contribution < -0.4 is 4.90 Å². The Bertz CT molecular complexity index is 898. The molecule has 0 amide bonds. The quantitative estimate of drug-likeness (QED) is 0.753. The van der Waals surface area contributed by atoms with Gasteiger partial charge in [-0.3, -0.25) is 4.90 Å². The zero-order valence-electron chi connectivity index (χ0n) is 13.7. The number of aliphatic hydroxyl groups excluding tert-OH is 1. The number of rotatable bonds is 5. The third-order valence-electron chi connectivity index (χ3n) is 3.98. The third kappa shape index (κ3) is 2.99. The Balaban J connectivity index is 1.71. The predicted octanol–water partition coefficient (Wildman–Crippen LogP) is 2.42. The molecule has 3 heterocycles. The fourth-order valence-corrected chi connectivity index (χ4v) is 3.83. The van der Waals surface area contributed by atoms with E-state index < -0.39 is 0 Å². The number of anilines is 2. The van der Waals surface area contributed by atoms with E-state index in [0.717, 1.165) is 27.0 Å². The Morgan fingerprint density at radius 3 is 2.88 bits per heavy atom. The van der Waals surface area contributed by atoms with Gasteiger partial charge >= 0.3 is 0 Å². The summed E-state index contributed by atoms with van der Waals surface area (Å²) in [6, 6.07) is 6.30. The predicted molar refractivity (Wildman–Crippen MR) is 93.9 cm³/mol. The first-order valence-electron chi connectivity index (χ1n) is 7.79. The van der Waals surface area contributed by atoms with Gasteiger partial charge in [0.25, 0.3) is 0 Å². The second-order valence-corrected chi connectivity index (χ2v) is 6.60. The number of nitrogens with zero attached hydrogens (tertiary/aromatic N) is 5. The van der Waals surface area contributed by atoms with Crippen LogP contribution >= 0.6 is 11.8 Å². The molecule has 0 saturated heterocycles. The van der Waals surface area contributed by atoms with E-state index in [0.29, 0.717) is 19.1 Å². The molecule has 3 aromatic rings. The lowest BCUT2D eigenvalue weighted by atomic mass is 10.1. The molecule has 0 radical (unpaired) electrons. The van der Waals surface area contributed by atoms with Gasteiger partial charge in [0, 0.05) is 43.3 Å². The molecule has 25 heavy (non-hydrogen) atoms. The van der Waals surface area contributed by atoms with Crippen LogP contribution in [-0.2, 0) is 17.9 Å². The van der Waals surface area contributed by atoms with Gasteiger partial charge < -0.3 is 14.4 Å². The Kier molecular flexibility index (Phi) is 4.39. The summed E-state index contributed by atoms with van der Waals surface area (Å²) in [5.41, 5.74) is 2.16. The van der Waals surface area contributed by atoms with Gasteiger partial charge in [-0.1, -0.05) is 17.8 Å². The molecule has 1 aromatic carbocycles. The number of ether oxygens (including phenoxy) is 1. The van der Waals surface area contributed by atoms with E-state index in [4.69, 9.17) is 4.74 Å². The molecular formula is C17H17N5O2S. The summed E-state index contributed by atoms with van der Waals surface area (Å²) < 4.78 is 7.31. The summed E-state index contributed by atoms with van der Waals surface area (Å²) >= 11 is 1.61. The van der Waals surface area contributed by atoms with E-state index >= 15 is 0 Å². The number of methoxy groups -OCH3 is 1. The van der Waals surface area contributed by atoms with E-state index in [9.17, 15) is 5.11 Å². The van der Waals surface area contributed by atoms with Gasteiger partial charge in [0.15, 0.2) is 5.82 Å². The highest BCUT2D eigenvalue weighted by molar-refractivity contribution is 7.99. The van der Waals surface area contributed by atoms with E-state index in [1.807, 2.05) is 15.7 Å². The Morgan fingerprint density at radius 2 is 2.04 bits per heavy atom. The Hall–Kier alpha value is -2.42. The van der Waals surface area contributed by atoms with Crippen LogP contribution in [-0.4, -0.2) is 38.5 Å². The number of aromatic nitrogens is 4. The van der Waals surface area contributed by atoms with Crippen molar-refractivity contribution in [3.05, 3.63) is 54.4 Å². The first kappa shape index (κ1) is 16.1. The van der Waals surface area contributed by atoms with Gasteiger partial charge in [-0.05, 0) is 17.7 Å². The van der Waals surface area contributed by atoms with Crippen LogP contribution in [0.1, 0.15) is 11.4 Å². The van der Waals surface area contributed by atoms with Crippen molar-refractivity contribution in [1.82, 2.24) is 19.5 Å². The summed E-state index contributed by atoms with van der Waals surface area (Å²) in [5, 5.41) is 10.2. The maximum absolute atomic E-state index is 9.37. The first-order chi connectivity index (χ1) is 12.3. The molecule has 1 aliphatic heterocycles. The molecule has 0 atom stereocenters. The van der Waals surface area contributed by atoms with Crippen LogP contribution in [0.3, 0.4) is 0 Å². The molecule has 0 unspecified atom stereocenters. The summed E-state index contributed by atoms with van der Waals surface area (Å²) in [5.74, 6) is 1.45.